The summed E-state index contributed by atoms with van der Waals surface area (Å²) in [6.45, 7) is 7.86. The first-order valence-corrected chi connectivity index (χ1v) is 14.1. The van der Waals surface area contributed by atoms with Gasteiger partial charge in [0.15, 0.2) is 0 Å². The minimum Gasteiger partial charge on any atom is -0.354 e. The van der Waals surface area contributed by atoms with Crippen LogP contribution in [0.4, 0.5) is 5.69 Å². The Morgan fingerprint density at radius 3 is 2.23 bits per heavy atom. The van der Waals surface area contributed by atoms with E-state index in [0.717, 1.165) is 34.5 Å². The molecule has 0 saturated carbocycles. The van der Waals surface area contributed by atoms with Crippen LogP contribution in [-0.4, -0.2) is 50.5 Å². The van der Waals surface area contributed by atoms with Crippen molar-refractivity contribution in [3.8, 4) is 0 Å². The summed E-state index contributed by atoms with van der Waals surface area (Å²) in [6.07, 6.45) is 2.85. The van der Waals surface area contributed by atoms with E-state index in [0.29, 0.717) is 17.3 Å². The van der Waals surface area contributed by atoms with Gasteiger partial charge < -0.3 is 10.2 Å². The van der Waals surface area contributed by atoms with E-state index < -0.39 is 28.5 Å². The molecule has 0 saturated heterocycles. The number of nitrogens with one attached hydrogen (secondary N) is 1. The lowest BCUT2D eigenvalue weighted by Crippen LogP contribution is -2.51. The van der Waals surface area contributed by atoms with Gasteiger partial charge in [-0.05, 0) is 48.6 Å². The monoisotopic (exact) mass is 521 g/mol. The van der Waals surface area contributed by atoms with Crippen LogP contribution >= 0.6 is 11.6 Å². The fourth-order valence-corrected chi connectivity index (χ4v) is 4.70. The maximum absolute atomic E-state index is 13.6. The number of sulfonamides is 1. The van der Waals surface area contributed by atoms with Crippen molar-refractivity contribution in [3.63, 3.8) is 0 Å². The highest BCUT2D eigenvalue weighted by Gasteiger charge is 2.31. The highest BCUT2D eigenvalue weighted by Crippen LogP contribution is 2.29. The van der Waals surface area contributed by atoms with Gasteiger partial charge in [-0.3, -0.25) is 13.9 Å². The lowest BCUT2D eigenvalue weighted by Gasteiger charge is -2.32. The highest BCUT2D eigenvalue weighted by atomic mass is 35.5. The number of hydrogen-bond donors (Lipinski definition) is 1. The molecule has 0 fully saturated rings. The van der Waals surface area contributed by atoms with E-state index in [2.05, 4.69) is 5.32 Å². The number of carbonyl (C=O) groups is 2. The summed E-state index contributed by atoms with van der Waals surface area (Å²) in [5, 5.41) is 3.43. The van der Waals surface area contributed by atoms with Gasteiger partial charge in [-0.1, -0.05) is 69.1 Å². The van der Waals surface area contributed by atoms with Crippen molar-refractivity contribution in [1.29, 1.82) is 0 Å². The van der Waals surface area contributed by atoms with Gasteiger partial charge in [0.1, 0.15) is 12.6 Å². The van der Waals surface area contributed by atoms with Gasteiger partial charge in [0.25, 0.3) is 0 Å². The summed E-state index contributed by atoms with van der Waals surface area (Å²) >= 11 is 6.00. The zero-order chi connectivity index (χ0) is 26.2. The number of unbranched alkanes of at least 4 members (excludes halogenated alkanes) is 1. The minimum atomic E-state index is -3.78. The van der Waals surface area contributed by atoms with Crippen LogP contribution in [0.3, 0.4) is 0 Å². The average Bonchev–Trinajstić information content (AvgIpc) is 2.80. The van der Waals surface area contributed by atoms with E-state index >= 15 is 0 Å². The SMILES string of the molecule is CCCCNC(=O)[C@@H](C)N(Cc1ccc(Cl)cc1)C(=O)CN(c1ccccc1C(C)C)S(C)(=O)=O. The molecular formula is C26H36ClN3O4S. The Morgan fingerprint density at radius 2 is 1.66 bits per heavy atom. The van der Waals surface area contributed by atoms with Gasteiger partial charge in [0.05, 0.1) is 11.9 Å². The topological polar surface area (TPSA) is 86.8 Å². The van der Waals surface area contributed by atoms with E-state index in [9.17, 15) is 18.0 Å². The molecule has 2 aromatic carbocycles. The van der Waals surface area contributed by atoms with Crippen molar-refractivity contribution < 1.29 is 18.0 Å². The molecule has 0 aromatic heterocycles. The van der Waals surface area contributed by atoms with Crippen LogP contribution in [0.15, 0.2) is 48.5 Å². The summed E-state index contributed by atoms with van der Waals surface area (Å²) < 4.78 is 26.7. The van der Waals surface area contributed by atoms with Crippen molar-refractivity contribution in [2.24, 2.45) is 0 Å². The summed E-state index contributed by atoms with van der Waals surface area (Å²) in [7, 11) is -3.78. The van der Waals surface area contributed by atoms with Gasteiger partial charge in [0.2, 0.25) is 21.8 Å². The molecule has 192 valence electrons. The minimum absolute atomic E-state index is 0.0546. The van der Waals surface area contributed by atoms with E-state index in [1.54, 1.807) is 43.3 Å². The quantitative estimate of drug-likeness (QED) is 0.415. The van der Waals surface area contributed by atoms with E-state index in [1.165, 1.54) is 4.90 Å². The molecule has 2 amide bonds. The van der Waals surface area contributed by atoms with Crippen LogP contribution < -0.4 is 9.62 Å². The maximum Gasteiger partial charge on any atom is 0.244 e. The molecule has 0 aliphatic carbocycles. The van der Waals surface area contributed by atoms with E-state index in [-0.39, 0.29) is 18.4 Å². The Balaban J connectivity index is 2.40. The third kappa shape index (κ3) is 8.25. The number of carbonyl (C=O) groups excluding carboxylic acids is 2. The first-order valence-electron chi connectivity index (χ1n) is 11.8. The molecule has 2 aromatic rings. The lowest BCUT2D eigenvalue weighted by molar-refractivity contribution is -0.139. The molecule has 0 unspecified atom stereocenters. The molecule has 1 atom stereocenters. The number of nitrogens with zero attached hydrogens (tertiary/aromatic N) is 2. The van der Waals surface area contributed by atoms with Crippen LogP contribution in [0.1, 0.15) is 57.6 Å². The predicted octanol–water partition coefficient (Wildman–Crippen LogP) is 4.56. The van der Waals surface area contributed by atoms with Crippen molar-refractivity contribution >= 4 is 39.1 Å². The second kappa shape index (κ2) is 12.9. The number of rotatable bonds is 12. The fourth-order valence-electron chi connectivity index (χ4n) is 3.70. The largest absolute Gasteiger partial charge is 0.354 e. The molecule has 0 radical (unpaired) electrons. The van der Waals surface area contributed by atoms with Gasteiger partial charge in [0, 0.05) is 18.1 Å². The maximum atomic E-state index is 13.6. The Morgan fingerprint density at radius 1 is 1.03 bits per heavy atom. The molecule has 7 nitrogen and oxygen atoms in total. The third-order valence-electron chi connectivity index (χ3n) is 5.77. The highest BCUT2D eigenvalue weighted by molar-refractivity contribution is 7.92. The van der Waals surface area contributed by atoms with Crippen molar-refractivity contribution in [1.82, 2.24) is 10.2 Å². The first kappa shape index (κ1) is 28.7. The fraction of sp³-hybridized carbons (Fsp3) is 0.462. The lowest BCUT2D eigenvalue weighted by atomic mass is 10.0. The van der Waals surface area contributed by atoms with Crippen LogP contribution in [0, 0.1) is 0 Å². The number of hydrogen-bond acceptors (Lipinski definition) is 4. The molecular weight excluding hydrogens is 486 g/mol. The van der Waals surface area contributed by atoms with Crippen LogP contribution in [0.2, 0.25) is 5.02 Å². The summed E-state index contributed by atoms with van der Waals surface area (Å²) in [4.78, 5) is 27.9. The molecule has 0 aliphatic rings. The second-order valence-electron chi connectivity index (χ2n) is 8.95. The Hall–Kier alpha value is -2.58. The molecule has 0 bridgehead atoms. The normalized spacial score (nSPS) is 12.3. The first-order chi connectivity index (χ1) is 16.5. The molecule has 35 heavy (non-hydrogen) atoms. The molecule has 0 aliphatic heterocycles. The summed E-state index contributed by atoms with van der Waals surface area (Å²) in [5.41, 5.74) is 2.06. The van der Waals surface area contributed by atoms with Crippen molar-refractivity contribution in [2.75, 3.05) is 23.7 Å². The standard InChI is InChI=1S/C26H36ClN3O4S/c1-6-7-16-28-26(32)20(4)29(17-21-12-14-22(27)15-13-21)25(31)18-30(35(5,33)34)24-11-9-8-10-23(24)19(2)3/h8-15,19-20H,6-7,16-18H2,1-5H3,(H,28,32)/t20-/m1/s1. The van der Waals surface area contributed by atoms with Gasteiger partial charge in [-0.25, -0.2) is 8.42 Å². The van der Waals surface area contributed by atoms with Gasteiger partial charge in [-0.15, -0.1) is 0 Å². The van der Waals surface area contributed by atoms with Crippen LogP contribution in [0.5, 0.6) is 0 Å². The zero-order valence-electron chi connectivity index (χ0n) is 21.1. The number of amides is 2. The molecule has 2 rings (SSSR count). The van der Waals surface area contributed by atoms with E-state index in [1.807, 2.05) is 32.9 Å². The van der Waals surface area contributed by atoms with Gasteiger partial charge >= 0.3 is 0 Å². The number of para-hydroxylation sites is 1. The second-order valence-corrected chi connectivity index (χ2v) is 11.3. The third-order valence-corrected chi connectivity index (χ3v) is 7.15. The Bertz CT molecular complexity index is 1100. The molecule has 9 heteroatoms. The van der Waals surface area contributed by atoms with Crippen molar-refractivity contribution in [3.05, 3.63) is 64.7 Å². The number of halogens is 1. The molecule has 0 spiro atoms. The molecule has 1 N–H and O–H groups in total. The predicted molar refractivity (Wildman–Crippen MR) is 142 cm³/mol. The number of anilines is 1. The smallest absolute Gasteiger partial charge is 0.244 e. The Kier molecular flexibility index (Phi) is 10.6. The van der Waals surface area contributed by atoms with Crippen molar-refractivity contribution in [2.45, 2.75) is 59.0 Å². The molecule has 0 heterocycles. The Labute approximate surface area is 214 Å². The zero-order valence-corrected chi connectivity index (χ0v) is 22.7. The van der Waals surface area contributed by atoms with Crippen LogP contribution in [-0.2, 0) is 26.2 Å². The van der Waals surface area contributed by atoms with Crippen LogP contribution in [0.25, 0.3) is 0 Å². The summed E-state index contributed by atoms with van der Waals surface area (Å²) in [5.74, 6) is -0.699. The van der Waals surface area contributed by atoms with Gasteiger partial charge in [-0.2, -0.15) is 0 Å². The summed E-state index contributed by atoms with van der Waals surface area (Å²) in [6, 6.07) is 13.4. The average molecular weight is 522 g/mol. The number of benzene rings is 2. The van der Waals surface area contributed by atoms with E-state index in [4.69, 9.17) is 11.6 Å².